The summed E-state index contributed by atoms with van der Waals surface area (Å²) >= 11 is 5.92. The van der Waals surface area contributed by atoms with Crippen molar-refractivity contribution in [1.82, 2.24) is 0 Å². The second-order valence-electron chi connectivity index (χ2n) is 3.54. The second-order valence-corrected chi connectivity index (χ2v) is 3.95. The van der Waals surface area contributed by atoms with Gasteiger partial charge in [-0.05, 0) is 17.7 Å². The molecular weight excluding hydrogens is 260 g/mol. The SMILES string of the molecule is COc1cc(C(O)C(O)CN=[N+]=[N-])c(Cl)cc1N. The molecule has 2 unspecified atom stereocenters. The Morgan fingerprint density at radius 1 is 1.56 bits per heavy atom. The van der Waals surface area contributed by atoms with Gasteiger partial charge in [0.05, 0.1) is 25.4 Å². The van der Waals surface area contributed by atoms with Gasteiger partial charge in [-0.3, -0.25) is 0 Å². The third-order valence-corrected chi connectivity index (χ3v) is 2.69. The van der Waals surface area contributed by atoms with E-state index < -0.39 is 12.2 Å². The van der Waals surface area contributed by atoms with Crippen molar-refractivity contribution in [2.24, 2.45) is 5.11 Å². The van der Waals surface area contributed by atoms with Crippen molar-refractivity contribution in [1.29, 1.82) is 0 Å². The minimum atomic E-state index is -1.29. The van der Waals surface area contributed by atoms with Crippen molar-refractivity contribution in [3.05, 3.63) is 33.2 Å². The maximum absolute atomic E-state index is 9.89. The van der Waals surface area contributed by atoms with E-state index in [4.69, 9.17) is 27.6 Å². The first-order valence-electron chi connectivity index (χ1n) is 5.01. The highest BCUT2D eigenvalue weighted by Crippen LogP contribution is 2.33. The highest BCUT2D eigenvalue weighted by molar-refractivity contribution is 6.31. The fourth-order valence-corrected chi connectivity index (χ4v) is 1.70. The Morgan fingerprint density at radius 3 is 2.78 bits per heavy atom. The summed E-state index contributed by atoms with van der Waals surface area (Å²) in [7, 11) is 1.42. The van der Waals surface area contributed by atoms with E-state index >= 15 is 0 Å². The van der Waals surface area contributed by atoms with Crippen molar-refractivity contribution in [3.63, 3.8) is 0 Å². The van der Waals surface area contributed by atoms with Gasteiger partial charge in [0.2, 0.25) is 0 Å². The van der Waals surface area contributed by atoms with E-state index in [2.05, 4.69) is 10.0 Å². The van der Waals surface area contributed by atoms with Crippen LogP contribution >= 0.6 is 11.6 Å². The summed E-state index contributed by atoms with van der Waals surface area (Å²) in [6.45, 7) is -0.263. The van der Waals surface area contributed by atoms with Crippen molar-refractivity contribution in [2.75, 3.05) is 19.4 Å². The van der Waals surface area contributed by atoms with Crippen LogP contribution in [0.5, 0.6) is 5.75 Å². The zero-order valence-electron chi connectivity index (χ0n) is 9.62. The van der Waals surface area contributed by atoms with E-state index in [0.29, 0.717) is 11.4 Å². The van der Waals surface area contributed by atoms with E-state index in [0.717, 1.165) is 0 Å². The molecule has 1 aromatic carbocycles. The normalized spacial score (nSPS) is 13.6. The van der Waals surface area contributed by atoms with Crippen LogP contribution < -0.4 is 10.5 Å². The molecule has 0 radical (unpaired) electrons. The van der Waals surface area contributed by atoms with Gasteiger partial charge in [0.15, 0.2) is 0 Å². The van der Waals surface area contributed by atoms with Gasteiger partial charge in [0.1, 0.15) is 11.9 Å². The van der Waals surface area contributed by atoms with Crippen LogP contribution in [0.4, 0.5) is 5.69 Å². The molecular formula is C10H13ClN4O3. The first-order valence-corrected chi connectivity index (χ1v) is 5.39. The largest absolute Gasteiger partial charge is 0.495 e. The molecule has 0 aromatic heterocycles. The number of aliphatic hydroxyl groups excluding tert-OH is 2. The number of nitrogen functional groups attached to an aromatic ring is 1. The Kier molecular flexibility index (Phi) is 5.06. The van der Waals surface area contributed by atoms with E-state index in [1.807, 2.05) is 0 Å². The Labute approximate surface area is 108 Å². The maximum Gasteiger partial charge on any atom is 0.142 e. The summed E-state index contributed by atoms with van der Waals surface area (Å²) in [5.41, 5.74) is 14.4. The maximum atomic E-state index is 9.89. The number of aliphatic hydroxyl groups is 2. The average Bonchev–Trinajstić information content (AvgIpc) is 2.35. The molecule has 0 saturated carbocycles. The first kappa shape index (κ1) is 14.4. The van der Waals surface area contributed by atoms with Gasteiger partial charge in [-0.1, -0.05) is 16.7 Å². The number of azide groups is 1. The number of hydrogen-bond acceptors (Lipinski definition) is 5. The number of hydrogen-bond donors (Lipinski definition) is 3. The highest BCUT2D eigenvalue weighted by Gasteiger charge is 2.21. The van der Waals surface area contributed by atoms with Gasteiger partial charge in [0.25, 0.3) is 0 Å². The summed E-state index contributed by atoms with van der Waals surface area (Å²) in [4.78, 5) is 2.50. The van der Waals surface area contributed by atoms with Crippen LogP contribution in [0.2, 0.25) is 5.02 Å². The van der Waals surface area contributed by atoms with Gasteiger partial charge in [-0.15, -0.1) is 0 Å². The molecule has 1 rings (SSSR count). The summed E-state index contributed by atoms with van der Waals surface area (Å²) < 4.78 is 4.99. The average molecular weight is 273 g/mol. The van der Waals surface area contributed by atoms with Crippen LogP contribution in [-0.2, 0) is 0 Å². The number of halogens is 1. The van der Waals surface area contributed by atoms with E-state index in [1.165, 1.54) is 19.2 Å². The molecule has 7 nitrogen and oxygen atoms in total. The molecule has 0 fully saturated rings. The highest BCUT2D eigenvalue weighted by atomic mass is 35.5. The zero-order valence-corrected chi connectivity index (χ0v) is 10.4. The standard InChI is InChI=1S/C10H13ClN4O3/c1-18-9-2-5(6(11)3-7(9)12)10(17)8(16)4-14-15-13/h2-3,8,10,16-17H,4,12H2,1H3. The monoisotopic (exact) mass is 272 g/mol. The zero-order chi connectivity index (χ0) is 13.7. The molecule has 0 aliphatic carbocycles. The summed E-state index contributed by atoms with van der Waals surface area (Å²) in [5, 5.41) is 22.9. The van der Waals surface area contributed by atoms with Gasteiger partial charge in [-0.2, -0.15) is 0 Å². The van der Waals surface area contributed by atoms with E-state index in [-0.39, 0.29) is 17.1 Å². The summed E-state index contributed by atoms with van der Waals surface area (Å²) in [6.07, 6.45) is -2.55. The molecule has 18 heavy (non-hydrogen) atoms. The van der Waals surface area contributed by atoms with Crippen LogP contribution in [0.3, 0.4) is 0 Å². The molecule has 0 aliphatic heterocycles. The Morgan fingerprint density at radius 2 is 2.22 bits per heavy atom. The predicted molar refractivity (Wildman–Crippen MR) is 67.4 cm³/mol. The van der Waals surface area contributed by atoms with Crippen LogP contribution in [0.1, 0.15) is 11.7 Å². The molecule has 2 atom stereocenters. The van der Waals surface area contributed by atoms with Crippen LogP contribution in [0, 0.1) is 0 Å². The fourth-order valence-electron chi connectivity index (χ4n) is 1.42. The second kappa shape index (κ2) is 6.32. The Bertz CT molecular complexity index is 476. The number of nitrogens with zero attached hydrogens (tertiary/aromatic N) is 3. The third-order valence-electron chi connectivity index (χ3n) is 2.36. The van der Waals surface area contributed by atoms with Crippen molar-refractivity contribution in [3.8, 4) is 5.75 Å². The molecule has 0 spiro atoms. The topological polar surface area (TPSA) is 124 Å². The van der Waals surface area contributed by atoms with Crippen LogP contribution in [0.25, 0.3) is 10.4 Å². The molecule has 0 bridgehead atoms. The molecule has 1 aromatic rings. The first-order chi connectivity index (χ1) is 8.51. The lowest BCUT2D eigenvalue weighted by Gasteiger charge is -2.19. The van der Waals surface area contributed by atoms with Gasteiger partial charge in [0, 0.05) is 15.5 Å². The lowest BCUT2D eigenvalue weighted by Crippen LogP contribution is -2.21. The van der Waals surface area contributed by atoms with Gasteiger partial charge in [-0.25, -0.2) is 0 Å². The third kappa shape index (κ3) is 3.18. The van der Waals surface area contributed by atoms with Gasteiger partial charge >= 0.3 is 0 Å². The lowest BCUT2D eigenvalue weighted by atomic mass is 10.0. The molecule has 0 aliphatic rings. The molecule has 0 saturated heterocycles. The lowest BCUT2D eigenvalue weighted by molar-refractivity contribution is 0.0244. The predicted octanol–water partition coefficient (Wildman–Crippen LogP) is 1.64. The summed E-state index contributed by atoms with van der Waals surface area (Å²) in [6, 6.07) is 2.85. The number of methoxy groups -OCH3 is 1. The van der Waals surface area contributed by atoms with E-state index in [1.54, 1.807) is 0 Å². The Hall–Kier alpha value is -1.66. The molecule has 4 N–H and O–H groups in total. The molecule has 0 heterocycles. The number of rotatable bonds is 5. The van der Waals surface area contributed by atoms with Gasteiger partial charge < -0.3 is 20.7 Å². The van der Waals surface area contributed by atoms with Crippen LogP contribution in [-0.4, -0.2) is 30.0 Å². The number of ether oxygens (including phenoxy) is 1. The Balaban J connectivity index is 3.04. The van der Waals surface area contributed by atoms with Crippen molar-refractivity contribution in [2.45, 2.75) is 12.2 Å². The minimum absolute atomic E-state index is 0.195. The quantitative estimate of drug-likeness (QED) is 0.326. The van der Waals surface area contributed by atoms with Crippen molar-refractivity contribution >= 4 is 17.3 Å². The summed E-state index contributed by atoms with van der Waals surface area (Å²) in [5.74, 6) is 0.337. The number of benzene rings is 1. The number of anilines is 1. The molecule has 0 amide bonds. The fraction of sp³-hybridized carbons (Fsp3) is 0.400. The number of nitrogens with two attached hydrogens (primary N) is 1. The van der Waals surface area contributed by atoms with Crippen LogP contribution in [0.15, 0.2) is 17.2 Å². The van der Waals surface area contributed by atoms with E-state index in [9.17, 15) is 10.2 Å². The molecule has 8 heteroatoms. The molecule has 98 valence electrons. The smallest absolute Gasteiger partial charge is 0.142 e. The minimum Gasteiger partial charge on any atom is -0.495 e. The van der Waals surface area contributed by atoms with Crippen molar-refractivity contribution < 1.29 is 14.9 Å².